The highest BCUT2D eigenvalue weighted by molar-refractivity contribution is 8.00. The predicted molar refractivity (Wildman–Crippen MR) is 124 cm³/mol. The summed E-state index contributed by atoms with van der Waals surface area (Å²) in [6, 6.07) is 13.7. The van der Waals surface area contributed by atoms with Crippen LogP contribution in [0.1, 0.15) is 31.3 Å². The summed E-state index contributed by atoms with van der Waals surface area (Å²) in [5.41, 5.74) is 1.72. The lowest BCUT2D eigenvalue weighted by atomic mass is 10.2. The molecular weight excluding hydrogens is 429 g/mol. The van der Waals surface area contributed by atoms with Gasteiger partial charge >= 0.3 is 0 Å². The lowest BCUT2D eigenvalue weighted by Crippen LogP contribution is -2.30. The van der Waals surface area contributed by atoms with Crippen LogP contribution in [0.4, 0.5) is 4.39 Å². The molecule has 170 valence electrons. The first-order valence-corrected chi connectivity index (χ1v) is 11.1. The molecule has 2 aromatic carbocycles. The first kappa shape index (κ1) is 23.7. The Balaban J connectivity index is 1.76. The van der Waals surface area contributed by atoms with Crippen molar-refractivity contribution in [3.05, 3.63) is 65.7 Å². The molecule has 0 aliphatic carbocycles. The lowest BCUT2D eigenvalue weighted by molar-refractivity contribution is -0.120. The molecule has 1 aromatic heterocycles. The van der Waals surface area contributed by atoms with Crippen molar-refractivity contribution < 1.29 is 13.9 Å². The maximum Gasteiger partial charge on any atom is 0.233 e. The summed E-state index contributed by atoms with van der Waals surface area (Å²) in [5, 5.41) is 11.8. The summed E-state index contributed by atoms with van der Waals surface area (Å²) in [5.74, 6) is 1.06. The molecular formula is C23H28FN5O2S. The van der Waals surface area contributed by atoms with Crippen LogP contribution in [-0.4, -0.2) is 52.0 Å². The molecule has 3 rings (SSSR count). The molecule has 3 aromatic rings. The minimum atomic E-state index is -0.404. The molecule has 0 unspecified atom stereocenters. The van der Waals surface area contributed by atoms with Gasteiger partial charge in [0.15, 0.2) is 11.0 Å². The number of nitrogens with one attached hydrogen (secondary N) is 1. The SMILES string of the molecule is COc1ccc(CNC(=O)[C@H](C)Sc2nnc([C@H](C)N(C)C)n2-c2ccc(F)cc2)cc1. The third-order valence-electron chi connectivity index (χ3n) is 5.17. The Morgan fingerprint density at radius 3 is 2.38 bits per heavy atom. The minimum Gasteiger partial charge on any atom is -0.497 e. The van der Waals surface area contributed by atoms with E-state index in [4.69, 9.17) is 4.74 Å². The minimum absolute atomic E-state index is 0.0268. The molecule has 7 nitrogen and oxygen atoms in total. The molecule has 0 saturated heterocycles. The maximum absolute atomic E-state index is 13.5. The highest BCUT2D eigenvalue weighted by atomic mass is 32.2. The van der Waals surface area contributed by atoms with Gasteiger partial charge in [-0.1, -0.05) is 23.9 Å². The number of halogens is 1. The van der Waals surface area contributed by atoms with Crippen molar-refractivity contribution in [1.82, 2.24) is 25.0 Å². The number of ether oxygens (including phenoxy) is 1. The second kappa shape index (κ2) is 10.6. The van der Waals surface area contributed by atoms with Crippen LogP contribution in [0.2, 0.25) is 0 Å². The number of benzene rings is 2. The third-order valence-corrected chi connectivity index (χ3v) is 6.21. The Hall–Kier alpha value is -2.91. The van der Waals surface area contributed by atoms with E-state index in [0.717, 1.165) is 22.8 Å². The standard InChI is InChI=1S/C23H28FN5O2S/c1-15(28(3)4)21-26-27-23(29(21)19-10-8-18(24)9-11-19)32-16(2)22(30)25-14-17-6-12-20(31-5)13-7-17/h6-13,15-16H,14H2,1-5H3,(H,25,30)/t15-,16-/m0/s1. The third kappa shape index (κ3) is 5.66. The highest BCUT2D eigenvalue weighted by Crippen LogP contribution is 2.29. The van der Waals surface area contributed by atoms with E-state index in [1.807, 2.05) is 61.7 Å². The summed E-state index contributed by atoms with van der Waals surface area (Å²) in [6.45, 7) is 4.26. The summed E-state index contributed by atoms with van der Waals surface area (Å²) >= 11 is 1.31. The van der Waals surface area contributed by atoms with Gasteiger partial charge in [0.1, 0.15) is 11.6 Å². The van der Waals surface area contributed by atoms with Gasteiger partial charge in [-0.2, -0.15) is 0 Å². The molecule has 0 saturated carbocycles. The van der Waals surface area contributed by atoms with E-state index in [1.54, 1.807) is 19.2 Å². The molecule has 1 amide bonds. The number of hydrogen-bond donors (Lipinski definition) is 1. The van der Waals surface area contributed by atoms with Crippen molar-refractivity contribution in [2.24, 2.45) is 0 Å². The van der Waals surface area contributed by atoms with Crippen LogP contribution in [-0.2, 0) is 11.3 Å². The van der Waals surface area contributed by atoms with Gasteiger partial charge in [0.05, 0.1) is 18.4 Å². The first-order chi connectivity index (χ1) is 15.3. The Morgan fingerprint density at radius 2 is 1.78 bits per heavy atom. The van der Waals surface area contributed by atoms with Gasteiger partial charge in [-0.25, -0.2) is 4.39 Å². The summed E-state index contributed by atoms with van der Waals surface area (Å²) < 4.78 is 20.5. The normalized spacial score (nSPS) is 13.1. The maximum atomic E-state index is 13.5. The molecule has 0 fully saturated rings. The van der Waals surface area contributed by atoms with Gasteiger partial charge < -0.3 is 10.1 Å². The van der Waals surface area contributed by atoms with Crippen molar-refractivity contribution in [2.75, 3.05) is 21.2 Å². The predicted octanol–water partition coefficient (Wildman–Crippen LogP) is 3.83. The largest absolute Gasteiger partial charge is 0.497 e. The number of hydrogen-bond acceptors (Lipinski definition) is 6. The van der Waals surface area contributed by atoms with Crippen LogP contribution < -0.4 is 10.1 Å². The molecule has 2 atom stereocenters. The van der Waals surface area contributed by atoms with Gasteiger partial charge in [0, 0.05) is 12.2 Å². The second-order valence-electron chi connectivity index (χ2n) is 7.62. The van der Waals surface area contributed by atoms with Gasteiger partial charge in [0.25, 0.3) is 0 Å². The fourth-order valence-electron chi connectivity index (χ4n) is 2.98. The van der Waals surface area contributed by atoms with Crippen LogP contribution in [0.25, 0.3) is 5.69 Å². The zero-order chi connectivity index (χ0) is 23.3. The number of nitrogens with zero attached hydrogens (tertiary/aromatic N) is 4. The van der Waals surface area contributed by atoms with E-state index < -0.39 is 5.25 Å². The van der Waals surface area contributed by atoms with Gasteiger partial charge in [-0.05, 0) is 69.9 Å². The Bertz CT molecular complexity index is 1040. The zero-order valence-corrected chi connectivity index (χ0v) is 19.7. The summed E-state index contributed by atoms with van der Waals surface area (Å²) in [7, 11) is 5.53. The van der Waals surface area contributed by atoms with Crippen LogP contribution >= 0.6 is 11.8 Å². The summed E-state index contributed by atoms with van der Waals surface area (Å²) in [6.07, 6.45) is 0. The number of thioether (sulfide) groups is 1. The Morgan fingerprint density at radius 1 is 1.12 bits per heavy atom. The van der Waals surface area contributed by atoms with Gasteiger partial charge in [-0.3, -0.25) is 14.3 Å². The number of aromatic nitrogens is 3. The molecule has 32 heavy (non-hydrogen) atoms. The zero-order valence-electron chi connectivity index (χ0n) is 18.9. The highest BCUT2D eigenvalue weighted by Gasteiger charge is 2.24. The average molecular weight is 458 g/mol. The summed E-state index contributed by atoms with van der Waals surface area (Å²) in [4.78, 5) is 14.7. The van der Waals surface area contributed by atoms with E-state index in [9.17, 15) is 9.18 Å². The van der Waals surface area contributed by atoms with Crippen molar-refractivity contribution in [3.63, 3.8) is 0 Å². The van der Waals surface area contributed by atoms with Gasteiger partial charge in [-0.15, -0.1) is 10.2 Å². The Kier molecular flexibility index (Phi) is 7.87. The molecule has 0 bridgehead atoms. The molecule has 0 aliphatic heterocycles. The number of methoxy groups -OCH3 is 1. The fraction of sp³-hybridized carbons (Fsp3) is 0.348. The monoisotopic (exact) mass is 457 g/mol. The average Bonchev–Trinajstić information content (AvgIpc) is 3.20. The number of rotatable bonds is 9. The van der Waals surface area contributed by atoms with Crippen LogP contribution in [0.15, 0.2) is 53.7 Å². The molecule has 0 spiro atoms. The first-order valence-electron chi connectivity index (χ1n) is 10.2. The number of carbonyl (C=O) groups is 1. The van der Waals surface area contributed by atoms with Crippen LogP contribution in [0, 0.1) is 5.82 Å². The van der Waals surface area contributed by atoms with Gasteiger partial charge in [0.2, 0.25) is 5.91 Å². The van der Waals surface area contributed by atoms with E-state index in [2.05, 4.69) is 15.5 Å². The Labute approximate surface area is 192 Å². The van der Waals surface area contributed by atoms with E-state index in [-0.39, 0.29) is 17.8 Å². The van der Waals surface area contributed by atoms with Crippen molar-refractivity contribution >= 4 is 17.7 Å². The van der Waals surface area contributed by atoms with Crippen LogP contribution in [0.5, 0.6) is 5.75 Å². The number of carbonyl (C=O) groups excluding carboxylic acids is 1. The molecule has 0 aliphatic rings. The van der Waals surface area contributed by atoms with Crippen molar-refractivity contribution in [1.29, 1.82) is 0 Å². The van der Waals surface area contributed by atoms with E-state index in [0.29, 0.717) is 11.7 Å². The van der Waals surface area contributed by atoms with E-state index in [1.165, 1.54) is 23.9 Å². The molecule has 0 radical (unpaired) electrons. The molecule has 9 heteroatoms. The van der Waals surface area contributed by atoms with E-state index >= 15 is 0 Å². The molecule has 1 N–H and O–H groups in total. The topological polar surface area (TPSA) is 72.3 Å². The second-order valence-corrected chi connectivity index (χ2v) is 8.93. The lowest BCUT2D eigenvalue weighted by Gasteiger charge is -2.21. The fourth-order valence-corrected chi connectivity index (χ4v) is 3.88. The quantitative estimate of drug-likeness (QED) is 0.493. The smallest absolute Gasteiger partial charge is 0.233 e. The number of amides is 1. The van der Waals surface area contributed by atoms with Crippen LogP contribution in [0.3, 0.4) is 0 Å². The van der Waals surface area contributed by atoms with Crippen molar-refractivity contribution in [3.8, 4) is 11.4 Å². The molecule has 1 heterocycles. The van der Waals surface area contributed by atoms with Crippen molar-refractivity contribution in [2.45, 2.75) is 36.8 Å².